The van der Waals surface area contributed by atoms with Crippen molar-refractivity contribution in [3.8, 4) is 0 Å². The van der Waals surface area contributed by atoms with Gasteiger partial charge in [-0.2, -0.15) is 0 Å². The molecule has 214 valence electrons. The highest BCUT2D eigenvalue weighted by molar-refractivity contribution is 7.92. The third-order valence-electron chi connectivity index (χ3n) is 6.50. The average molecular weight is 568 g/mol. The topological polar surface area (TPSA) is 86.8 Å². The molecule has 0 aliphatic heterocycles. The number of rotatable bonds is 12. The molecule has 1 atom stereocenters. The maximum atomic E-state index is 14.0. The van der Waals surface area contributed by atoms with Crippen LogP contribution in [0.5, 0.6) is 0 Å². The van der Waals surface area contributed by atoms with Crippen molar-refractivity contribution in [1.29, 1.82) is 0 Å². The zero-order valence-electron chi connectivity index (χ0n) is 23.7. The molecule has 2 amide bonds. The Balaban J connectivity index is 2.03. The van der Waals surface area contributed by atoms with Gasteiger partial charge in [-0.1, -0.05) is 68.4 Å². The Hall–Kier alpha value is -3.72. The van der Waals surface area contributed by atoms with Gasteiger partial charge in [0.2, 0.25) is 21.8 Å². The minimum atomic E-state index is -3.85. The molecule has 0 spiro atoms. The summed E-state index contributed by atoms with van der Waals surface area (Å²) in [5, 5.41) is 2.90. The second kappa shape index (κ2) is 13.6. The second-order valence-electron chi connectivity index (χ2n) is 10.5. The van der Waals surface area contributed by atoms with Crippen LogP contribution >= 0.6 is 0 Å². The molecular formula is C31H38FN3O4S. The maximum absolute atomic E-state index is 14.0. The molecule has 0 aromatic heterocycles. The van der Waals surface area contributed by atoms with Crippen molar-refractivity contribution in [3.63, 3.8) is 0 Å². The lowest BCUT2D eigenvalue weighted by atomic mass is 10.0. The van der Waals surface area contributed by atoms with E-state index in [-0.39, 0.29) is 30.8 Å². The van der Waals surface area contributed by atoms with Crippen LogP contribution in [-0.2, 0) is 32.6 Å². The van der Waals surface area contributed by atoms with Crippen molar-refractivity contribution < 1.29 is 22.4 Å². The van der Waals surface area contributed by atoms with Gasteiger partial charge in [0.05, 0.1) is 11.9 Å². The summed E-state index contributed by atoms with van der Waals surface area (Å²) in [6.45, 7) is 7.23. The third kappa shape index (κ3) is 8.64. The van der Waals surface area contributed by atoms with Crippen molar-refractivity contribution >= 4 is 27.5 Å². The predicted octanol–water partition coefficient (Wildman–Crippen LogP) is 4.88. The molecule has 9 heteroatoms. The van der Waals surface area contributed by atoms with Gasteiger partial charge in [-0.3, -0.25) is 13.9 Å². The summed E-state index contributed by atoms with van der Waals surface area (Å²) in [4.78, 5) is 28.9. The van der Waals surface area contributed by atoms with E-state index in [1.54, 1.807) is 24.3 Å². The largest absolute Gasteiger partial charge is 0.352 e. The van der Waals surface area contributed by atoms with E-state index >= 15 is 0 Å². The number of hydrogen-bond acceptors (Lipinski definition) is 4. The number of hydrogen-bond donors (Lipinski definition) is 1. The van der Waals surface area contributed by atoms with Gasteiger partial charge < -0.3 is 10.2 Å². The highest BCUT2D eigenvalue weighted by atomic mass is 32.2. The fourth-order valence-electron chi connectivity index (χ4n) is 4.36. The van der Waals surface area contributed by atoms with E-state index in [1.165, 1.54) is 17.0 Å². The average Bonchev–Trinajstić information content (AvgIpc) is 2.89. The van der Waals surface area contributed by atoms with Crippen LogP contribution in [-0.4, -0.2) is 50.0 Å². The summed E-state index contributed by atoms with van der Waals surface area (Å²) >= 11 is 0. The summed E-state index contributed by atoms with van der Waals surface area (Å²) in [6.07, 6.45) is 1.27. The number of nitrogens with zero attached hydrogens (tertiary/aromatic N) is 2. The molecule has 1 unspecified atom stereocenters. The van der Waals surface area contributed by atoms with Gasteiger partial charge in [-0.15, -0.1) is 0 Å². The van der Waals surface area contributed by atoms with Crippen molar-refractivity contribution in [3.05, 3.63) is 101 Å². The fourth-order valence-corrected chi connectivity index (χ4v) is 5.21. The zero-order valence-corrected chi connectivity index (χ0v) is 24.5. The lowest BCUT2D eigenvalue weighted by Crippen LogP contribution is -2.54. The van der Waals surface area contributed by atoms with Crippen LogP contribution in [0, 0.1) is 5.82 Å². The van der Waals surface area contributed by atoms with E-state index in [0.717, 1.165) is 21.7 Å². The van der Waals surface area contributed by atoms with Gasteiger partial charge in [-0.05, 0) is 60.7 Å². The third-order valence-corrected chi connectivity index (χ3v) is 7.64. The van der Waals surface area contributed by atoms with Gasteiger partial charge in [0.25, 0.3) is 0 Å². The number of benzene rings is 3. The summed E-state index contributed by atoms with van der Waals surface area (Å²) in [7, 11) is -3.85. The van der Waals surface area contributed by atoms with E-state index in [9.17, 15) is 22.4 Å². The number of carbonyl (C=O) groups excluding carboxylic acids is 2. The molecule has 0 bridgehead atoms. The van der Waals surface area contributed by atoms with E-state index in [4.69, 9.17) is 0 Å². The van der Waals surface area contributed by atoms with Crippen LogP contribution in [0.3, 0.4) is 0 Å². The summed E-state index contributed by atoms with van der Waals surface area (Å²) < 4.78 is 40.5. The number of sulfonamides is 1. The first-order valence-electron chi connectivity index (χ1n) is 13.3. The molecule has 0 fully saturated rings. The molecule has 7 nitrogen and oxygen atoms in total. The van der Waals surface area contributed by atoms with Gasteiger partial charge in [0.15, 0.2) is 0 Å². The maximum Gasteiger partial charge on any atom is 0.244 e. The van der Waals surface area contributed by atoms with Gasteiger partial charge in [0, 0.05) is 19.0 Å². The molecule has 0 heterocycles. The molecule has 0 saturated heterocycles. The lowest BCUT2D eigenvalue weighted by molar-refractivity contribution is -0.140. The van der Waals surface area contributed by atoms with Gasteiger partial charge >= 0.3 is 0 Å². The van der Waals surface area contributed by atoms with Crippen molar-refractivity contribution in [2.24, 2.45) is 0 Å². The quantitative estimate of drug-likeness (QED) is 0.338. The first-order chi connectivity index (χ1) is 18.8. The van der Waals surface area contributed by atoms with Crippen LogP contribution in [0.4, 0.5) is 10.1 Å². The highest BCUT2D eigenvalue weighted by Gasteiger charge is 2.33. The Kier molecular flexibility index (Phi) is 10.5. The van der Waals surface area contributed by atoms with E-state index in [0.29, 0.717) is 11.3 Å². The molecular weight excluding hydrogens is 529 g/mol. The monoisotopic (exact) mass is 567 g/mol. The van der Waals surface area contributed by atoms with Crippen LogP contribution in [0.2, 0.25) is 0 Å². The number of amides is 2. The minimum absolute atomic E-state index is 0.00792. The number of nitrogens with one attached hydrogen (secondary N) is 1. The van der Waals surface area contributed by atoms with Gasteiger partial charge in [0.1, 0.15) is 18.4 Å². The van der Waals surface area contributed by atoms with E-state index < -0.39 is 34.3 Å². The molecule has 0 saturated carbocycles. The Morgan fingerprint density at radius 1 is 0.850 bits per heavy atom. The van der Waals surface area contributed by atoms with Crippen LogP contribution in [0.1, 0.15) is 50.3 Å². The van der Waals surface area contributed by atoms with Crippen LogP contribution < -0.4 is 9.62 Å². The van der Waals surface area contributed by atoms with Crippen LogP contribution in [0.15, 0.2) is 78.9 Å². The molecule has 0 aliphatic rings. The standard InChI is InChI=1S/C31H38FN3O4S/c1-22(2)26-13-17-28(18-14-26)35(40(5,38)39)21-30(36)34(20-25-11-15-27(32)16-12-25)29(31(37)33-23(3)4)19-24-9-7-6-8-10-24/h6-18,22-23,29H,19-21H2,1-5H3,(H,33,37). The lowest BCUT2D eigenvalue weighted by Gasteiger charge is -2.34. The summed E-state index contributed by atoms with van der Waals surface area (Å²) in [6, 6.07) is 20.9. The SMILES string of the molecule is CC(C)NC(=O)C(Cc1ccccc1)N(Cc1ccc(F)cc1)C(=O)CN(c1ccc(C(C)C)cc1)S(C)(=O)=O. The second-order valence-corrected chi connectivity index (χ2v) is 12.4. The molecule has 3 aromatic rings. The molecule has 1 N–H and O–H groups in total. The Morgan fingerprint density at radius 2 is 1.45 bits per heavy atom. The Morgan fingerprint density at radius 3 is 1.98 bits per heavy atom. The summed E-state index contributed by atoms with van der Waals surface area (Å²) in [5.74, 6) is -1.08. The highest BCUT2D eigenvalue weighted by Crippen LogP contribution is 2.23. The molecule has 0 aliphatic carbocycles. The molecule has 3 aromatic carbocycles. The van der Waals surface area contributed by atoms with Crippen LogP contribution in [0.25, 0.3) is 0 Å². The van der Waals surface area contributed by atoms with Crippen molar-refractivity contribution in [1.82, 2.24) is 10.2 Å². The number of anilines is 1. The number of halogens is 1. The fraction of sp³-hybridized carbons (Fsp3) is 0.355. The van der Waals surface area contributed by atoms with Crippen molar-refractivity contribution in [2.45, 2.75) is 58.7 Å². The zero-order chi connectivity index (χ0) is 29.4. The van der Waals surface area contributed by atoms with Crippen molar-refractivity contribution in [2.75, 3.05) is 17.1 Å². The van der Waals surface area contributed by atoms with E-state index in [2.05, 4.69) is 5.32 Å². The molecule has 40 heavy (non-hydrogen) atoms. The van der Waals surface area contributed by atoms with E-state index in [1.807, 2.05) is 70.2 Å². The smallest absolute Gasteiger partial charge is 0.244 e. The predicted molar refractivity (Wildman–Crippen MR) is 157 cm³/mol. The number of carbonyl (C=O) groups is 2. The Labute approximate surface area is 237 Å². The summed E-state index contributed by atoms with van der Waals surface area (Å²) in [5.41, 5.74) is 2.84. The first-order valence-corrected chi connectivity index (χ1v) is 15.2. The minimum Gasteiger partial charge on any atom is -0.352 e. The first kappa shape index (κ1) is 30.8. The Bertz CT molecular complexity index is 1380. The molecule has 0 radical (unpaired) electrons. The van der Waals surface area contributed by atoms with Gasteiger partial charge in [-0.25, -0.2) is 12.8 Å². The molecule has 3 rings (SSSR count). The normalized spacial score (nSPS) is 12.3.